The van der Waals surface area contributed by atoms with Crippen LogP contribution in [0.5, 0.6) is 0 Å². The number of aryl methyl sites for hydroxylation is 1. The van der Waals surface area contributed by atoms with Gasteiger partial charge in [-0.05, 0) is 55.1 Å². The van der Waals surface area contributed by atoms with E-state index in [0.29, 0.717) is 49.6 Å². The predicted octanol–water partition coefficient (Wildman–Crippen LogP) is 4.60. The summed E-state index contributed by atoms with van der Waals surface area (Å²) in [6.07, 6.45) is 6.44. The Morgan fingerprint density at radius 1 is 1.24 bits per heavy atom. The zero-order chi connectivity index (χ0) is 24.9. The van der Waals surface area contributed by atoms with E-state index in [1.165, 1.54) is 11.8 Å². The first kappa shape index (κ1) is 27.9. The quantitative estimate of drug-likeness (QED) is 0.469. The first-order valence-corrected chi connectivity index (χ1v) is 12.5. The lowest BCUT2D eigenvalue weighted by atomic mass is 9.79. The maximum Gasteiger partial charge on any atom is 0.225 e. The van der Waals surface area contributed by atoms with Crippen LogP contribution >= 0.6 is 0 Å². The number of aromatic nitrogens is 1. The lowest BCUT2D eigenvalue weighted by molar-refractivity contribution is -0.117. The van der Waals surface area contributed by atoms with Crippen molar-refractivity contribution in [1.82, 2.24) is 4.98 Å². The number of amides is 1. The molecular weight excluding hydrogens is 433 g/mol. The van der Waals surface area contributed by atoms with Crippen molar-refractivity contribution in [2.45, 2.75) is 71.3 Å². The van der Waals surface area contributed by atoms with Crippen LogP contribution in [0.2, 0.25) is 0 Å². The topological polar surface area (TPSA) is 97.5 Å². The molecule has 188 valence electrons. The molecule has 4 N–H and O–H groups in total. The molecule has 1 aromatic carbocycles. The maximum absolute atomic E-state index is 14.4. The van der Waals surface area contributed by atoms with Crippen LogP contribution in [0.4, 0.5) is 10.1 Å². The fraction of sp³-hybridized carbons (Fsp3) is 0.556. The van der Waals surface area contributed by atoms with Crippen molar-refractivity contribution in [3.63, 3.8) is 0 Å². The second kappa shape index (κ2) is 14.8. The van der Waals surface area contributed by atoms with Gasteiger partial charge in [-0.1, -0.05) is 45.0 Å². The third-order valence-electron chi connectivity index (χ3n) is 6.34. The number of hydrogen-bond acceptors (Lipinski definition) is 5. The third kappa shape index (κ3) is 8.15. The molecule has 2 aromatic rings. The number of rotatable bonds is 10. The fourth-order valence-corrected chi connectivity index (χ4v) is 4.32. The van der Waals surface area contributed by atoms with Crippen molar-refractivity contribution in [3.8, 4) is 0 Å². The summed E-state index contributed by atoms with van der Waals surface area (Å²) in [6.45, 7) is 7.37. The van der Waals surface area contributed by atoms with E-state index in [1.54, 1.807) is 0 Å². The van der Waals surface area contributed by atoms with E-state index < -0.39 is 11.9 Å². The summed E-state index contributed by atoms with van der Waals surface area (Å²) in [7, 11) is 0. The summed E-state index contributed by atoms with van der Waals surface area (Å²) >= 11 is 0. The highest BCUT2D eigenvalue weighted by Crippen LogP contribution is 2.35. The lowest BCUT2D eigenvalue weighted by Gasteiger charge is -2.30. The number of carbonyl (C=O) groups is 1. The molecule has 3 rings (SSSR count). The minimum Gasteiger partial charge on any atom is -0.395 e. The number of benzene rings is 1. The smallest absolute Gasteiger partial charge is 0.225 e. The Morgan fingerprint density at radius 3 is 2.53 bits per heavy atom. The molecule has 1 aliphatic rings. The molecule has 7 heteroatoms. The van der Waals surface area contributed by atoms with Gasteiger partial charge in [-0.25, -0.2) is 4.39 Å². The second-order valence-corrected chi connectivity index (χ2v) is 8.53. The van der Waals surface area contributed by atoms with E-state index in [0.717, 1.165) is 31.0 Å². The molecule has 1 aliphatic heterocycles. The van der Waals surface area contributed by atoms with Crippen molar-refractivity contribution < 1.29 is 19.0 Å². The number of anilines is 1. The highest BCUT2D eigenvalue weighted by Gasteiger charge is 2.28. The van der Waals surface area contributed by atoms with E-state index in [9.17, 15) is 9.18 Å². The van der Waals surface area contributed by atoms with Crippen LogP contribution in [-0.2, 0) is 22.4 Å². The van der Waals surface area contributed by atoms with Crippen LogP contribution in [0.25, 0.3) is 0 Å². The van der Waals surface area contributed by atoms with Gasteiger partial charge in [-0.3, -0.25) is 9.78 Å². The van der Waals surface area contributed by atoms with Gasteiger partial charge in [0.25, 0.3) is 0 Å². The van der Waals surface area contributed by atoms with Gasteiger partial charge in [0.05, 0.1) is 24.7 Å². The van der Waals surface area contributed by atoms with E-state index in [2.05, 4.69) is 41.5 Å². The number of pyridine rings is 1. The van der Waals surface area contributed by atoms with Crippen LogP contribution in [0, 0.1) is 11.7 Å². The van der Waals surface area contributed by atoms with Crippen molar-refractivity contribution in [3.05, 3.63) is 59.2 Å². The highest BCUT2D eigenvalue weighted by molar-refractivity contribution is 5.92. The molecule has 6 nitrogen and oxygen atoms in total. The summed E-state index contributed by atoms with van der Waals surface area (Å²) < 4.78 is 19.9. The van der Waals surface area contributed by atoms with E-state index in [1.807, 2.05) is 13.8 Å². The number of carbonyl (C=O) groups excluding carboxylic acids is 1. The Morgan fingerprint density at radius 2 is 1.91 bits per heavy atom. The number of aliphatic hydroxyl groups is 1. The Bertz CT molecular complexity index is 870. The number of nitrogens with zero attached hydrogens (tertiary/aromatic N) is 1. The van der Waals surface area contributed by atoms with Gasteiger partial charge >= 0.3 is 0 Å². The van der Waals surface area contributed by atoms with Gasteiger partial charge in [0.15, 0.2) is 0 Å². The molecule has 1 amide bonds. The molecule has 0 spiro atoms. The van der Waals surface area contributed by atoms with Gasteiger partial charge in [-0.15, -0.1) is 0 Å². The summed E-state index contributed by atoms with van der Waals surface area (Å²) in [6, 6.07) is 8.06. The molecule has 1 aromatic heterocycles. The average molecular weight is 474 g/mol. The van der Waals surface area contributed by atoms with Crippen molar-refractivity contribution in [1.29, 1.82) is 0 Å². The number of nitrogens with two attached hydrogens (primary N) is 1. The van der Waals surface area contributed by atoms with Crippen LogP contribution < -0.4 is 11.1 Å². The monoisotopic (exact) mass is 473 g/mol. The van der Waals surface area contributed by atoms with Gasteiger partial charge in [0.2, 0.25) is 5.91 Å². The largest absolute Gasteiger partial charge is 0.395 e. The zero-order valence-corrected chi connectivity index (χ0v) is 20.7. The second-order valence-electron chi connectivity index (χ2n) is 8.53. The molecule has 0 saturated carbocycles. The summed E-state index contributed by atoms with van der Waals surface area (Å²) in [5.74, 6) is -0.225. The first-order chi connectivity index (χ1) is 16.5. The summed E-state index contributed by atoms with van der Waals surface area (Å²) in [5.41, 5.74) is 8.92. The summed E-state index contributed by atoms with van der Waals surface area (Å²) in [4.78, 5) is 17.0. The SMILES string of the molecule is CC.CCc1ccc(C(CC(=O)Nc2cncc(F)c2CC[C@H](N)CO)C2CCOCC2)cc1. The Balaban J connectivity index is 0.00000199. The van der Waals surface area contributed by atoms with Crippen molar-refractivity contribution in [2.24, 2.45) is 11.7 Å². The van der Waals surface area contributed by atoms with Crippen LogP contribution in [0.15, 0.2) is 36.7 Å². The van der Waals surface area contributed by atoms with Crippen LogP contribution in [0.1, 0.15) is 69.1 Å². The van der Waals surface area contributed by atoms with Gasteiger partial charge in [-0.2, -0.15) is 0 Å². The van der Waals surface area contributed by atoms with Crippen LogP contribution in [0.3, 0.4) is 0 Å². The molecule has 34 heavy (non-hydrogen) atoms. The molecule has 0 aliphatic carbocycles. The Labute approximate surface area is 203 Å². The standard InChI is InChI=1S/C25H34FN3O3.C2H6/c1-2-17-3-5-18(6-4-17)22(19-9-11-32-12-10-19)13-25(31)29-24-15-28-14-23(26)21(24)8-7-20(27)16-30;1-2/h3-6,14-15,19-20,22,30H,2,7-13,16,27H2,1H3,(H,29,31);1-2H3/t20-,22?;/m0./s1. The first-order valence-electron chi connectivity index (χ1n) is 12.5. The number of ether oxygens (including phenoxy) is 1. The van der Waals surface area contributed by atoms with Gasteiger partial charge < -0.3 is 20.9 Å². The summed E-state index contributed by atoms with van der Waals surface area (Å²) in [5, 5.41) is 12.0. The molecule has 1 saturated heterocycles. The molecular formula is C27H40FN3O3. The number of aliphatic hydroxyl groups excluding tert-OH is 1. The minimum absolute atomic E-state index is 0.0672. The predicted molar refractivity (Wildman–Crippen MR) is 134 cm³/mol. The van der Waals surface area contributed by atoms with Crippen LogP contribution in [-0.4, -0.2) is 41.9 Å². The molecule has 2 heterocycles. The molecule has 1 unspecified atom stereocenters. The zero-order valence-electron chi connectivity index (χ0n) is 20.7. The Kier molecular flexibility index (Phi) is 12.2. The number of hydrogen-bond donors (Lipinski definition) is 3. The molecule has 2 atom stereocenters. The minimum atomic E-state index is -0.482. The lowest BCUT2D eigenvalue weighted by Crippen LogP contribution is -2.27. The van der Waals surface area contributed by atoms with E-state index >= 15 is 0 Å². The molecule has 0 radical (unpaired) electrons. The van der Waals surface area contributed by atoms with Gasteiger partial charge in [0, 0.05) is 31.2 Å². The van der Waals surface area contributed by atoms with Crippen molar-refractivity contribution >= 4 is 11.6 Å². The normalized spacial score (nSPS) is 15.7. The highest BCUT2D eigenvalue weighted by atomic mass is 19.1. The maximum atomic E-state index is 14.4. The number of nitrogens with one attached hydrogen (secondary N) is 1. The average Bonchev–Trinajstić information content (AvgIpc) is 2.88. The van der Waals surface area contributed by atoms with E-state index in [-0.39, 0.29) is 18.4 Å². The number of halogens is 1. The third-order valence-corrected chi connectivity index (χ3v) is 6.34. The molecule has 1 fully saturated rings. The van der Waals surface area contributed by atoms with Gasteiger partial charge in [0.1, 0.15) is 5.82 Å². The Hall–Kier alpha value is -2.35. The van der Waals surface area contributed by atoms with Crippen molar-refractivity contribution in [2.75, 3.05) is 25.1 Å². The molecule has 0 bridgehead atoms. The van der Waals surface area contributed by atoms with E-state index in [4.69, 9.17) is 15.6 Å². The fourth-order valence-electron chi connectivity index (χ4n) is 4.32.